The molecule has 0 saturated carbocycles. The van der Waals surface area contributed by atoms with Crippen LogP contribution in [0, 0.1) is 6.92 Å². The molecule has 0 amide bonds. The van der Waals surface area contributed by atoms with E-state index in [0.717, 1.165) is 25.2 Å². The number of hydrogen-bond acceptors (Lipinski definition) is 2. The van der Waals surface area contributed by atoms with Gasteiger partial charge in [0, 0.05) is 11.7 Å². The molecule has 1 aromatic carbocycles. The zero-order chi connectivity index (χ0) is 14.6. The highest BCUT2D eigenvalue weighted by atomic mass is 15.3. The van der Waals surface area contributed by atoms with Gasteiger partial charge in [-0.3, -0.25) is 4.68 Å². The van der Waals surface area contributed by atoms with E-state index in [1.54, 1.807) is 0 Å². The van der Waals surface area contributed by atoms with Crippen molar-refractivity contribution in [3.63, 3.8) is 0 Å². The molecule has 0 aliphatic heterocycles. The lowest BCUT2D eigenvalue weighted by Gasteiger charge is -2.21. The van der Waals surface area contributed by atoms with Crippen molar-refractivity contribution in [2.45, 2.75) is 46.2 Å². The van der Waals surface area contributed by atoms with Crippen LogP contribution >= 0.6 is 0 Å². The number of nitrogens with one attached hydrogen (secondary N) is 1. The van der Waals surface area contributed by atoms with Gasteiger partial charge in [-0.25, -0.2) is 0 Å². The number of aromatic nitrogens is 2. The maximum absolute atomic E-state index is 4.47. The third-order valence-corrected chi connectivity index (χ3v) is 3.27. The van der Waals surface area contributed by atoms with Gasteiger partial charge in [-0.2, -0.15) is 5.10 Å². The van der Waals surface area contributed by atoms with Crippen LogP contribution in [0.2, 0.25) is 0 Å². The number of rotatable bonds is 5. The van der Waals surface area contributed by atoms with Crippen molar-refractivity contribution in [1.82, 2.24) is 15.1 Å². The van der Waals surface area contributed by atoms with Gasteiger partial charge in [0.2, 0.25) is 0 Å². The highest BCUT2D eigenvalue weighted by Gasteiger charge is 2.09. The van der Waals surface area contributed by atoms with E-state index >= 15 is 0 Å². The molecule has 1 aromatic heterocycles. The van der Waals surface area contributed by atoms with Crippen LogP contribution in [0.25, 0.3) is 0 Å². The Hall–Kier alpha value is -1.61. The predicted octanol–water partition coefficient (Wildman–Crippen LogP) is 3.17. The highest BCUT2D eigenvalue weighted by Crippen LogP contribution is 2.12. The third kappa shape index (κ3) is 4.49. The van der Waals surface area contributed by atoms with E-state index in [2.05, 4.69) is 55.5 Å². The molecular formula is C17H25N3. The van der Waals surface area contributed by atoms with Crippen LogP contribution in [0.5, 0.6) is 0 Å². The summed E-state index contributed by atoms with van der Waals surface area (Å²) >= 11 is 0. The molecule has 0 bridgehead atoms. The predicted molar refractivity (Wildman–Crippen MR) is 84.0 cm³/mol. The average Bonchev–Trinajstić information content (AvgIpc) is 2.75. The summed E-state index contributed by atoms with van der Waals surface area (Å²) < 4.78 is 2.01. The van der Waals surface area contributed by atoms with Crippen molar-refractivity contribution in [1.29, 1.82) is 0 Å². The normalized spacial score (nSPS) is 11.8. The summed E-state index contributed by atoms with van der Waals surface area (Å²) in [4.78, 5) is 0. The molecule has 2 aromatic rings. The molecule has 0 radical (unpaired) electrons. The highest BCUT2D eigenvalue weighted by molar-refractivity contribution is 5.27. The number of nitrogens with zero attached hydrogens (tertiary/aromatic N) is 2. The van der Waals surface area contributed by atoms with E-state index in [1.165, 1.54) is 11.1 Å². The molecule has 0 aliphatic rings. The first kappa shape index (κ1) is 14.8. The van der Waals surface area contributed by atoms with Crippen molar-refractivity contribution < 1.29 is 0 Å². The molecule has 0 aliphatic carbocycles. The summed E-state index contributed by atoms with van der Waals surface area (Å²) in [6, 6.07) is 10.7. The zero-order valence-corrected chi connectivity index (χ0v) is 13.0. The largest absolute Gasteiger partial charge is 0.312 e. The van der Waals surface area contributed by atoms with Gasteiger partial charge < -0.3 is 5.32 Å². The monoisotopic (exact) mass is 271 g/mol. The minimum absolute atomic E-state index is 0.175. The molecule has 1 N–H and O–H groups in total. The lowest BCUT2D eigenvalue weighted by molar-refractivity contribution is 0.429. The lowest BCUT2D eigenvalue weighted by atomic mass is 10.0. The van der Waals surface area contributed by atoms with E-state index in [0.29, 0.717) is 0 Å². The van der Waals surface area contributed by atoms with Crippen LogP contribution in [0.1, 0.15) is 37.6 Å². The summed E-state index contributed by atoms with van der Waals surface area (Å²) in [6.45, 7) is 10.5. The second-order valence-corrected chi connectivity index (χ2v) is 6.35. The number of benzene rings is 1. The van der Waals surface area contributed by atoms with Crippen molar-refractivity contribution >= 4 is 0 Å². The fraction of sp³-hybridized carbons (Fsp3) is 0.471. The summed E-state index contributed by atoms with van der Waals surface area (Å²) in [7, 11) is 0. The Kier molecular flexibility index (Phi) is 4.61. The summed E-state index contributed by atoms with van der Waals surface area (Å²) in [5, 5.41) is 8.01. The molecule has 108 valence electrons. The summed E-state index contributed by atoms with van der Waals surface area (Å²) in [6.07, 6.45) is 3.09. The average molecular weight is 271 g/mol. The summed E-state index contributed by atoms with van der Waals surface area (Å²) in [5.74, 6) is 0. The molecular weight excluding hydrogens is 246 g/mol. The van der Waals surface area contributed by atoms with Gasteiger partial charge in [0.1, 0.15) is 0 Å². The van der Waals surface area contributed by atoms with Gasteiger partial charge in [-0.1, -0.05) is 24.3 Å². The van der Waals surface area contributed by atoms with E-state index in [4.69, 9.17) is 0 Å². The van der Waals surface area contributed by atoms with E-state index in [9.17, 15) is 0 Å². The van der Waals surface area contributed by atoms with Gasteiger partial charge >= 0.3 is 0 Å². The first-order chi connectivity index (χ1) is 9.44. The first-order valence-corrected chi connectivity index (χ1v) is 7.26. The molecule has 2 rings (SSSR count). The molecule has 3 nitrogen and oxygen atoms in total. The molecule has 0 unspecified atom stereocenters. The van der Waals surface area contributed by atoms with E-state index < -0.39 is 0 Å². The van der Waals surface area contributed by atoms with Crippen molar-refractivity contribution in [2.24, 2.45) is 0 Å². The van der Waals surface area contributed by atoms with Gasteiger partial charge in [0.15, 0.2) is 0 Å². The molecule has 0 spiro atoms. The van der Waals surface area contributed by atoms with Crippen LogP contribution in [0.4, 0.5) is 0 Å². The van der Waals surface area contributed by atoms with E-state index in [-0.39, 0.29) is 5.54 Å². The Bertz CT molecular complexity index is 549. The molecule has 0 atom stereocenters. The van der Waals surface area contributed by atoms with Crippen molar-refractivity contribution in [2.75, 3.05) is 6.54 Å². The van der Waals surface area contributed by atoms with Gasteiger partial charge in [0.05, 0.1) is 12.2 Å². The van der Waals surface area contributed by atoms with Crippen LogP contribution < -0.4 is 5.32 Å². The van der Waals surface area contributed by atoms with Crippen LogP contribution in [-0.2, 0) is 13.0 Å². The van der Waals surface area contributed by atoms with Crippen LogP contribution in [-0.4, -0.2) is 21.9 Å². The quantitative estimate of drug-likeness (QED) is 0.905. The molecule has 0 saturated heterocycles. The molecule has 0 fully saturated rings. The third-order valence-electron chi connectivity index (χ3n) is 3.27. The fourth-order valence-electron chi connectivity index (χ4n) is 2.25. The van der Waals surface area contributed by atoms with E-state index in [1.807, 2.05) is 23.9 Å². The van der Waals surface area contributed by atoms with Gasteiger partial charge in [-0.05, 0) is 57.9 Å². The first-order valence-electron chi connectivity index (χ1n) is 7.26. The molecule has 20 heavy (non-hydrogen) atoms. The Morgan fingerprint density at radius 1 is 1.10 bits per heavy atom. The smallest absolute Gasteiger partial charge is 0.0662 e. The van der Waals surface area contributed by atoms with Crippen molar-refractivity contribution in [3.8, 4) is 0 Å². The second kappa shape index (κ2) is 6.23. The van der Waals surface area contributed by atoms with Crippen molar-refractivity contribution in [3.05, 3.63) is 53.3 Å². The standard InChI is InChI=1S/C17H25N3/c1-14-10-12-20(19-14)13-16-8-6-5-7-15(16)9-11-18-17(2,3)4/h5-8,10,12,18H,9,11,13H2,1-4H3. The molecule has 3 heteroatoms. The van der Waals surface area contributed by atoms with Gasteiger partial charge in [-0.15, -0.1) is 0 Å². The Balaban J connectivity index is 2.02. The number of hydrogen-bond donors (Lipinski definition) is 1. The van der Waals surface area contributed by atoms with Crippen LogP contribution in [0.15, 0.2) is 36.5 Å². The minimum atomic E-state index is 0.175. The SMILES string of the molecule is Cc1ccn(Cc2ccccc2CCNC(C)(C)C)n1. The molecule has 1 heterocycles. The number of aryl methyl sites for hydroxylation is 1. The minimum Gasteiger partial charge on any atom is -0.312 e. The lowest BCUT2D eigenvalue weighted by Crippen LogP contribution is -2.37. The van der Waals surface area contributed by atoms with Crippen LogP contribution in [0.3, 0.4) is 0 Å². The Morgan fingerprint density at radius 3 is 2.40 bits per heavy atom. The Labute approximate surface area is 122 Å². The second-order valence-electron chi connectivity index (χ2n) is 6.35. The zero-order valence-electron chi connectivity index (χ0n) is 13.0. The summed E-state index contributed by atoms with van der Waals surface area (Å²) in [5.41, 5.74) is 3.99. The fourth-order valence-corrected chi connectivity index (χ4v) is 2.25. The maximum atomic E-state index is 4.47. The van der Waals surface area contributed by atoms with Gasteiger partial charge in [0.25, 0.3) is 0 Å². The Morgan fingerprint density at radius 2 is 1.80 bits per heavy atom. The topological polar surface area (TPSA) is 29.9 Å². The maximum Gasteiger partial charge on any atom is 0.0662 e.